The van der Waals surface area contributed by atoms with E-state index in [0.717, 1.165) is 25.3 Å². The molecular weight excluding hydrogens is 301 g/mol. The summed E-state index contributed by atoms with van der Waals surface area (Å²) in [5.74, 6) is 1.60. The molecule has 1 aliphatic heterocycles. The van der Waals surface area contributed by atoms with Gasteiger partial charge in [0.15, 0.2) is 0 Å². The van der Waals surface area contributed by atoms with E-state index in [1.165, 1.54) is 14.7 Å². The molecule has 1 N–H and O–H groups in total. The number of methoxy groups -OCH3 is 1. The molecule has 0 saturated carbocycles. The third-order valence-corrected chi connectivity index (χ3v) is 3.81. The number of fused-ring (bicyclic) bond motifs is 1. The van der Waals surface area contributed by atoms with Gasteiger partial charge in [0.25, 0.3) is 0 Å². The van der Waals surface area contributed by atoms with E-state index in [-0.39, 0.29) is 0 Å². The molecule has 82 valence electrons. The molecule has 1 unspecified atom stereocenters. The van der Waals surface area contributed by atoms with Gasteiger partial charge in [-0.1, -0.05) is 6.92 Å². The maximum absolute atomic E-state index is 5.36. The van der Waals surface area contributed by atoms with Gasteiger partial charge in [0.05, 0.1) is 10.7 Å². The molecule has 0 amide bonds. The van der Waals surface area contributed by atoms with Gasteiger partial charge in [-0.15, -0.1) is 0 Å². The van der Waals surface area contributed by atoms with Crippen LogP contribution in [0.15, 0.2) is 12.1 Å². The summed E-state index contributed by atoms with van der Waals surface area (Å²) in [5.41, 5.74) is 2.91. The van der Waals surface area contributed by atoms with Crippen LogP contribution in [0.25, 0.3) is 0 Å². The van der Waals surface area contributed by atoms with Gasteiger partial charge in [-0.25, -0.2) is 0 Å². The van der Waals surface area contributed by atoms with Crippen LogP contribution in [0, 0.1) is 3.57 Å². The third kappa shape index (κ3) is 2.28. The average molecular weight is 317 g/mol. The van der Waals surface area contributed by atoms with E-state index in [4.69, 9.17) is 4.74 Å². The first-order valence-electron chi connectivity index (χ1n) is 5.29. The highest BCUT2D eigenvalue weighted by atomic mass is 127. The molecule has 2 rings (SSSR count). The van der Waals surface area contributed by atoms with Crippen molar-refractivity contribution in [1.82, 2.24) is 5.32 Å². The minimum Gasteiger partial charge on any atom is -0.496 e. The normalized spacial score (nSPS) is 20.6. The summed E-state index contributed by atoms with van der Waals surface area (Å²) in [6, 6.07) is 4.47. The number of ether oxygens (including phenoxy) is 1. The van der Waals surface area contributed by atoms with Crippen LogP contribution in [0.1, 0.15) is 24.0 Å². The molecular formula is C12H16INO. The number of hydrogen-bond acceptors (Lipinski definition) is 2. The van der Waals surface area contributed by atoms with E-state index in [1.54, 1.807) is 7.11 Å². The maximum atomic E-state index is 5.36. The summed E-state index contributed by atoms with van der Waals surface area (Å²) >= 11 is 2.34. The Morgan fingerprint density at radius 2 is 2.27 bits per heavy atom. The molecule has 0 radical (unpaired) electrons. The van der Waals surface area contributed by atoms with Crippen LogP contribution in [0.3, 0.4) is 0 Å². The summed E-state index contributed by atoms with van der Waals surface area (Å²) in [4.78, 5) is 0. The Labute approximate surface area is 105 Å². The first-order chi connectivity index (χ1) is 7.22. The third-order valence-electron chi connectivity index (χ3n) is 2.97. The molecule has 1 heterocycles. The minimum atomic E-state index is 0.599. The van der Waals surface area contributed by atoms with E-state index in [1.807, 2.05) is 0 Å². The minimum absolute atomic E-state index is 0.599. The zero-order valence-electron chi connectivity index (χ0n) is 9.14. The van der Waals surface area contributed by atoms with Crippen molar-refractivity contribution in [2.75, 3.05) is 20.2 Å². The highest BCUT2D eigenvalue weighted by Gasteiger charge is 2.16. The lowest BCUT2D eigenvalue weighted by atomic mass is 9.95. The van der Waals surface area contributed by atoms with Gasteiger partial charge in [-0.3, -0.25) is 0 Å². The Hall–Kier alpha value is -0.290. The van der Waals surface area contributed by atoms with Crippen LogP contribution in [0.2, 0.25) is 0 Å². The van der Waals surface area contributed by atoms with Gasteiger partial charge in [-0.2, -0.15) is 0 Å². The van der Waals surface area contributed by atoms with Crippen molar-refractivity contribution >= 4 is 22.6 Å². The van der Waals surface area contributed by atoms with E-state index in [9.17, 15) is 0 Å². The predicted molar refractivity (Wildman–Crippen MR) is 70.7 cm³/mol. The molecule has 1 aliphatic rings. The molecule has 1 aromatic carbocycles. The molecule has 0 aliphatic carbocycles. The Morgan fingerprint density at radius 1 is 1.47 bits per heavy atom. The maximum Gasteiger partial charge on any atom is 0.132 e. The van der Waals surface area contributed by atoms with Gasteiger partial charge in [0, 0.05) is 6.54 Å². The summed E-state index contributed by atoms with van der Waals surface area (Å²) in [7, 11) is 1.74. The topological polar surface area (TPSA) is 21.3 Å². The quantitative estimate of drug-likeness (QED) is 0.804. The first-order valence-corrected chi connectivity index (χ1v) is 6.37. The summed E-state index contributed by atoms with van der Waals surface area (Å²) in [6.07, 6.45) is 1.10. The summed E-state index contributed by atoms with van der Waals surface area (Å²) < 4.78 is 6.57. The fourth-order valence-electron chi connectivity index (χ4n) is 2.09. The standard InChI is InChI=1S/C12H16INO/c1-8-7-14-4-3-9-5-12(15-2)11(13)6-10(8)9/h5-6,8,14H,3-4,7H2,1-2H3. The molecule has 1 atom stereocenters. The molecule has 15 heavy (non-hydrogen) atoms. The van der Waals surface area contributed by atoms with Crippen LogP contribution in [-0.4, -0.2) is 20.2 Å². The summed E-state index contributed by atoms with van der Waals surface area (Å²) in [6.45, 7) is 4.43. The Kier molecular flexibility index (Phi) is 3.51. The Bertz CT molecular complexity index is 365. The van der Waals surface area contributed by atoms with Crippen LogP contribution in [0.5, 0.6) is 5.75 Å². The van der Waals surface area contributed by atoms with Crippen LogP contribution >= 0.6 is 22.6 Å². The second-order valence-electron chi connectivity index (χ2n) is 4.04. The number of rotatable bonds is 1. The van der Waals surface area contributed by atoms with Crippen molar-refractivity contribution in [3.8, 4) is 5.75 Å². The molecule has 1 aromatic rings. The second kappa shape index (κ2) is 4.70. The lowest BCUT2D eigenvalue weighted by Gasteiger charge is -2.14. The Balaban J connectivity index is 2.46. The van der Waals surface area contributed by atoms with Crippen molar-refractivity contribution in [3.05, 3.63) is 26.8 Å². The lowest BCUT2D eigenvalue weighted by molar-refractivity contribution is 0.411. The van der Waals surface area contributed by atoms with Gasteiger partial charge in [-0.05, 0) is 64.7 Å². The van der Waals surface area contributed by atoms with Crippen molar-refractivity contribution in [1.29, 1.82) is 0 Å². The SMILES string of the molecule is COc1cc2c(cc1I)C(C)CNCC2. The van der Waals surface area contributed by atoms with E-state index < -0.39 is 0 Å². The van der Waals surface area contributed by atoms with Crippen molar-refractivity contribution in [2.45, 2.75) is 19.3 Å². The highest BCUT2D eigenvalue weighted by Crippen LogP contribution is 2.30. The zero-order chi connectivity index (χ0) is 10.8. The monoisotopic (exact) mass is 317 g/mol. The number of nitrogens with one attached hydrogen (secondary N) is 1. The lowest BCUT2D eigenvalue weighted by Crippen LogP contribution is -2.18. The van der Waals surface area contributed by atoms with E-state index in [2.05, 4.69) is 47.0 Å². The van der Waals surface area contributed by atoms with E-state index in [0.29, 0.717) is 5.92 Å². The largest absolute Gasteiger partial charge is 0.496 e. The fourth-order valence-corrected chi connectivity index (χ4v) is 2.81. The predicted octanol–water partition coefficient (Wildman–Crippen LogP) is 2.55. The number of halogens is 1. The van der Waals surface area contributed by atoms with Crippen molar-refractivity contribution in [3.63, 3.8) is 0 Å². The molecule has 0 saturated heterocycles. The summed E-state index contributed by atoms with van der Waals surface area (Å²) in [5, 5.41) is 3.46. The second-order valence-corrected chi connectivity index (χ2v) is 5.20. The van der Waals surface area contributed by atoms with Crippen LogP contribution in [-0.2, 0) is 6.42 Å². The van der Waals surface area contributed by atoms with Gasteiger partial charge in [0.2, 0.25) is 0 Å². The van der Waals surface area contributed by atoms with Gasteiger partial charge in [0.1, 0.15) is 5.75 Å². The molecule has 0 aromatic heterocycles. The Morgan fingerprint density at radius 3 is 3.00 bits per heavy atom. The van der Waals surface area contributed by atoms with Crippen molar-refractivity contribution < 1.29 is 4.74 Å². The van der Waals surface area contributed by atoms with Gasteiger partial charge < -0.3 is 10.1 Å². The fraction of sp³-hybridized carbons (Fsp3) is 0.500. The van der Waals surface area contributed by atoms with Crippen LogP contribution in [0.4, 0.5) is 0 Å². The molecule has 2 nitrogen and oxygen atoms in total. The zero-order valence-corrected chi connectivity index (χ0v) is 11.3. The molecule has 0 spiro atoms. The first kappa shape index (κ1) is 11.2. The van der Waals surface area contributed by atoms with E-state index >= 15 is 0 Å². The number of hydrogen-bond donors (Lipinski definition) is 1. The molecule has 3 heteroatoms. The van der Waals surface area contributed by atoms with Crippen LogP contribution < -0.4 is 10.1 Å². The number of benzene rings is 1. The van der Waals surface area contributed by atoms with Crippen molar-refractivity contribution in [2.24, 2.45) is 0 Å². The molecule has 0 bridgehead atoms. The van der Waals surface area contributed by atoms with Gasteiger partial charge >= 0.3 is 0 Å². The molecule has 0 fully saturated rings. The highest BCUT2D eigenvalue weighted by molar-refractivity contribution is 14.1. The smallest absolute Gasteiger partial charge is 0.132 e. The average Bonchev–Trinajstić information content (AvgIpc) is 2.40.